The van der Waals surface area contributed by atoms with Gasteiger partial charge >= 0.3 is 5.97 Å². The van der Waals surface area contributed by atoms with Crippen LogP contribution < -0.4 is 0 Å². The first-order valence-electron chi connectivity index (χ1n) is 5.17. The van der Waals surface area contributed by atoms with Crippen molar-refractivity contribution in [2.24, 2.45) is 0 Å². The van der Waals surface area contributed by atoms with Gasteiger partial charge in [0.15, 0.2) is 0 Å². The summed E-state index contributed by atoms with van der Waals surface area (Å²) in [5.41, 5.74) is 2.64. The molecule has 17 heavy (non-hydrogen) atoms. The molecular weight excluding hydrogens is 282 g/mol. The van der Waals surface area contributed by atoms with Gasteiger partial charge in [-0.15, -0.1) is 0 Å². The van der Waals surface area contributed by atoms with E-state index in [2.05, 4.69) is 15.9 Å². The number of benzene rings is 1. The number of ether oxygens (including phenoxy) is 1. The van der Waals surface area contributed by atoms with Crippen molar-refractivity contribution in [1.82, 2.24) is 4.57 Å². The molecule has 0 unspecified atom stereocenters. The largest absolute Gasteiger partial charge is 0.464 e. The van der Waals surface area contributed by atoms with E-state index >= 15 is 0 Å². The van der Waals surface area contributed by atoms with Crippen LogP contribution in [-0.2, 0) is 10.1 Å². The van der Waals surface area contributed by atoms with Crippen LogP contribution in [0, 0.1) is 0 Å². The topological polar surface area (TPSA) is 31.2 Å². The molecule has 0 N–H and O–H groups in total. The third-order valence-corrected chi connectivity index (χ3v) is 3.13. The summed E-state index contributed by atoms with van der Waals surface area (Å²) >= 11 is 3.42. The molecule has 0 fully saturated rings. The van der Waals surface area contributed by atoms with Crippen LogP contribution in [0.1, 0.15) is 16.1 Å². The predicted octanol–water partition coefficient (Wildman–Crippen LogP) is 3.16. The minimum Gasteiger partial charge on any atom is -0.464 e. The number of nitrogens with zero attached hydrogens (tertiary/aromatic N) is 1. The normalized spacial score (nSPS) is 10.2. The van der Waals surface area contributed by atoms with Gasteiger partial charge in [-0.3, -0.25) is 0 Å². The standard InChI is InChI=1S/C13H12BrNO2/c1-17-13(16)12-6-3-7-15(12)11-5-2-4-10(8-11)9-14/h2-8H,9H2,1H3. The Bertz CT molecular complexity index is 534. The molecule has 88 valence electrons. The Morgan fingerprint density at radius 3 is 2.88 bits per heavy atom. The monoisotopic (exact) mass is 293 g/mol. The number of carbonyl (C=O) groups is 1. The summed E-state index contributed by atoms with van der Waals surface area (Å²) in [6.07, 6.45) is 1.85. The summed E-state index contributed by atoms with van der Waals surface area (Å²) < 4.78 is 6.56. The summed E-state index contributed by atoms with van der Waals surface area (Å²) in [7, 11) is 1.38. The second-order valence-electron chi connectivity index (χ2n) is 3.56. The Hall–Kier alpha value is -1.55. The summed E-state index contributed by atoms with van der Waals surface area (Å²) in [6.45, 7) is 0. The zero-order valence-corrected chi connectivity index (χ0v) is 11.0. The van der Waals surface area contributed by atoms with E-state index in [-0.39, 0.29) is 5.97 Å². The van der Waals surface area contributed by atoms with Crippen molar-refractivity contribution in [2.75, 3.05) is 7.11 Å². The number of hydrogen-bond donors (Lipinski definition) is 0. The number of carbonyl (C=O) groups excluding carboxylic acids is 1. The van der Waals surface area contributed by atoms with Gasteiger partial charge in [-0.2, -0.15) is 0 Å². The lowest BCUT2D eigenvalue weighted by Crippen LogP contribution is -2.08. The van der Waals surface area contributed by atoms with Crippen molar-refractivity contribution in [3.63, 3.8) is 0 Å². The van der Waals surface area contributed by atoms with Crippen LogP contribution in [0.15, 0.2) is 42.6 Å². The highest BCUT2D eigenvalue weighted by Crippen LogP contribution is 2.16. The van der Waals surface area contributed by atoms with Crippen molar-refractivity contribution in [3.05, 3.63) is 53.9 Å². The molecule has 2 rings (SSSR count). The van der Waals surface area contributed by atoms with Crippen LogP contribution in [0.5, 0.6) is 0 Å². The first kappa shape index (κ1) is 11.9. The quantitative estimate of drug-likeness (QED) is 0.643. The highest BCUT2D eigenvalue weighted by atomic mass is 79.9. The number of rotatable bonds is 3. The highest BCUT2D eigenvalue weighted by molar-refractivity contribution is 9.08. The summed E-state index contributed by atoms with van der Waals surface area (Å²) in [4.78, 5) is 11.6. The minimum absolute atomic E-state index is 0.334. The minimum atomic E-state index is -0.334. The molecule has 0 bridgehead atoms. The van der Waals surface area contributed by atoms with E-state index in [1.54, 1.807) is 6.07 Å². The number of alkyl halides is 1. The Morgan fingerprint density at radius 1 is 1.35 bits per heavy atom. The van der Waals surface area contributed by atoms with Crippen molar-refractivity contribution < 1.29 is 9.53 Å². The molecule has 0 spiro atoms. The predicted molar refractivity (Wildman–Crippen MR) is 69.7 cm³/mol. The van der Waals surface area contributed by atoms with Crippen LogP contribution in [0.2, 0.25) is 0 Å². The molecule has 0 radical (unpaired) electrons. The Morgan fingerprint density at radius 2 is 2.18 bits per heavy atom. The van der Waals surface area contributed by atoms with Crippen LogP contribution in [-0.4, -0.2) is 17.6 Å². The lowest BCUT2D eigenvalue weighted by molar-refractivity contribution is 0.0591. The SMILES string of the molecule is COC(=O)c1cccn1-c1cccc(CBr)c1. The molecule has 3 nitrogen and oxygen atoms in total. The van der Waals surface area contributed by atoms with Gasteiger partial charge in [0.2, 0.25) is 0 Å². The molecule has 4 heteroatoms. The summed E-state index contributed by atoms with van der Waals surface area (Å²) in [6, 6.07) is 11.5. The fourth-order valence-corrected chi connectivity index (χ4v) is 2.02. The Balaban J connectivity index is 2.45. The number of hydrogen-bond acceptors (Lipinski definition) is 2. The lowest BCUT2D eigenvalue weighted by atomic mass is 10.2. The molecule has 1 aromatic carbocycles. The Labute approximate surface area is 108 Å². The second-order valence-corrected chi connectivity index (χ2v) is 4.12. The molecule has 0 aliphatic heterocycles. The molecule has 0 atom stereocenters. The van der Waals surface area contributed by atoms with E-state index in [0.717, 1.165) is 16.6 Å². The molecule has 1 aromatic heterocycles. The van der Waals surface area contributed by atoms with Gasteiger partial charge in [-0.1, -0.05) is 28.1 Å². The van der Waals surface area contributed by atoms with E-state index in [1.165, 1.54) is 7.11 Å². The number of aromatic nitrogens is 1. The van der Waals surface area contributed by atoms with Crippen molar-refractivity contribution >= 4 is 21.9 Å². The second kappa shape index (κ2) is 5.19. The lowest BCUT2D eigenvalue weighted by Gasteiger charge is -2.08. The maximum atomic E-state index is 11.6. The van der Waals surface area contributed by atoms with E-state index in [9.17, 15) is 4.79 Å². The first-order valence-corrected chi connectivity index (χ1v) is 6.29. The van der Waals surface area contributed by atoms with Gasteiger partial charge in [-0.05, 0) is 29.8 Å². The molecule has 2 aromatic rings. The maximum absolute atomic E-state index is 11.6. The first-order chi connectivity index (χ1) is 8.26. The van der Waals surface area contributed by atoms with Gasteiger partial charge in [0.05, 0.1) is 7.11 Å². The third kappa shape index (κ3) is 2.42. The zero-order chi connectivity index (χ0) is 12.3. The van der Waals surface area contributed by atoms with Crippen LogP contribution in [0.4, 0.5) is 0 Å². The van der Waals surface area contributed by atoms with Crippen LogP contribution in [0.25, 0.3) is 5.69 Å². The average molecular weight is 294 g/mol. The third-order valence-electron chi connectivity index (χ3n) is 2.49. The highest BCUT2D eigenvalue weighted by Gasteiger charge is 2.11. The summed E-state index contributed by atoms with van der Waals surface area (Å²) in [5, 5.41) is 0.787. The molecule has 0 aliphatic carbocycles. The van der Waals surface area contributed by atoms with E-state index < -0.39 is 0 Å². The van der Waals surface area contributed by atoms with Crippen LogP contribution in [0.3, 0.4) is 0 Å². The molecule has 0 saturated heterocycles. The van der Waals surface area contributed by atoms with E-state index in [0.29, 0.717) is 5.69 Å². The van der Waals surface area contributed by atoms with Crippen molar-refractivity contribution in [3.8, 4) is 5.69 Å². The molecule has 0 saturated carbocycles. The number of methoxy groups -OCH3 is 1. The van der Waals surface area contributed by atoms with Gasteiger partial charge in [0.25, 0.3) is 0 Å². The molecular formula is C13H12BrNO2. The van der Waals surface area contributed by atoms with E-state index in [4.69, 9.17) is 4.74 Å². The fraction of sp³-hybridized carbons (Fsp3) is 0.154. The van der Waals surface area contributed by atoms with Crippen molar-refractivity contribution in [2.45, 2.75) is 5.33 Å². The smallest absolute Gasteiger partial charge is 0.355 e. The summed E-state index contributed by atoms with van der Waals surface area (Å²) in [5.74, 6) is -0.334. The average Bonchev–Trinajstić information content (AvgIpc) is 2.87. The van der Waals surface area contributed by atoms with Gasteiger partial charge in [-0.25, -0.2) is 4.79 Å². The fourth-order valence-electron chi connectivity index (χ4n) is 1.67. The van der Waals surface area contributed by atoms with Gasteiger partial charge < -0.3 is 9.30 Å². The van der Waals surface area contributed by atoms with Crippen molar-refractivity contribution in [1.29, 1.82) is 0 Å². The number of halogens is 1. The molecule has 0 amide bonds. The van der Waals surface area contributed by atoms with Crippen LogP contribution >= 0.6 is 15.9 Å². The molecule has 0 aliphatic rings. The van der Waals surface area contributed by atoms with Gasteiger partial charge in [0.1, 0.15) is 5.69 Å². The zero-order valence-electron chi connectivity index (χ0n) is 9.39. The van der Waals surface area contributed by atoms with E-state index in [1.807, 2.05) is 41.1 Å². The maximum Gasteiger partial charge on any atom is 0.355 e. The van der Waals surface area contributed by atoms with Gasteiger partial charge in [0, 0.05) is 17.2 Å². The molecule has 1 heterocycles. The Kier molecular flexibility index (Phi) is 3.64. The number of esters is 1.